The number of rotatable bonds is 8. The second-order valence-electron chi connectivity index (χ2n) is 4.19. The topological polar surface area (TPSA) is 133 Å². The molecule has 0 aromatic rings. The van der Waals surface area contributed by atoms with Crippen LogP contribution in [0.15, 0.2) is 0 Å². The molecule has 0 rings (SSSR count). The first-order chi connectivity index (χ1) is 8.72. The number of hydrogen-bond acceptors (Lipinski definition) is 4. The van der Waals surface area contributed by atoms with Gasteiger partial charge in [0.15, 0.2) is 0 Å². The second kappa shape index (κ2) is 8.06. The highest BCUT2D eigenvalue weighted by atomic mass is 16.4. The lowest BCUT2D eigenvalue weighted by molar-refractivity contribution is -0.138. The van der Waals surface area contributed by atoms with E-state index in [1.54, 1.807) is 0 Å². The second-order valence-corrected chi connectivity index (χ2v) is 4.19. The molecule has 4 N–H and O–H groups in total. The molecule has 0 saturated carbocycles. The summed E-state index contributed by atoms with van der Waals surface area (Å²) in [6, 6.07) is -1.59. The molecule has 0 aromatic carbocycles. The van der Waals surface area contributed by atoms with Crippen LogP contribution in [0.3, 0.4) is 0 Å². The molecule has 0 aliphatic heterocycles. The van der Waals surface area contributed by atoms with Gasteiger partial charge in [-0.25, -0.2) is 0 Å². The molecule has 8 nitrogen and oxygen atoms in total. The summed E-state index contributed by atoms with van der Waals surface area (Å²) in [6.45, 7) is 2.72. The zero-order valence-corrected chi connectivity index (χ0v) is 10.8. The Morgan fingerprint density at radius 2 is 1.63 bits per heavy atom. The molecule has 0 heterocycles. The maximum atomic E-state index is 11.8. The first-order valence-electron chi connectivity index (χ1n) is 5.73. The standard InChI is InChI=1S/C11H18N2O6/c1-6(5-10(17)18)12-11(19)8(13-7(2)14)3-4-9(15)16/h6,8H,3-5H2,1-2H3,(H,12,19)(H,13,14)(H,15,16)(H,17,18)/t6-,8?/m0/s1. The quantitative estimate of drug-likeness (QED) is 0.464. The van der Waals surface area contributed by atoms with Crippen LogP contribution < -0.4 is 10.6 Å². The number of amides is 2. The average molecular weight is 274 g/mol. The van der Waals surface area contributed by atoms with Gasteiger partial charge in [-0.15, -0.1) is 0 Å². The van der Waals surface area contributed by atoms with Gasteiger partial charge in [0.25, 0.3) is 0 Å². The van der Waals surface area contributed by atoms with Crippen LogP contribution in [0.2, 0.25) is 0 Å². The Morgan fingerprint density at radius 1 is 1.05 bits per heavy atom. The maximum Gasteiger partial charge on any atom is 0.305 e. The van der Waals surface area contributed by atoms with Crippen LogP contribution in [-0.2, 0) is 19.2 Å². The number of carbonyl (C=O) groups is 4. The van der Waals surface area contributed by atoms with E-state index in [2.05, 4.69) is 10.6 Å². The van der Waals surface area contributed by atoms with Crippen molar-refractivity contribution in [2.75, 3.05) is 0 Å². The van der Waals surface area contributed by atoms with Gasteiger partial charge in [0.1, 0.15) is 6.04 Å². The molecule has 0 radical (unpaired) electrons. The largest absolute Gasteiger partial charge is 0.481 e. The lowest BCUT2D eigenvalue weighted by atomic mass is 10.1. The van der Waals surface area contributed by atoms with Crippen LogP contribution in [0.5, 0.6) is 0 Å². The van der Waals surface area contributed by atoms with Gasteiger partial charge in [-0.2, -0.15) is 0 Å². The van der Waals surface area contributed by atoms with Gasteiger partial charge in [-0.05, 0) is 13.3 Å². The molecular weight excluding hydrogens is 256 g/mol. The van der Waals surface area contributed by atoms with Gasteiger partial charge in [-0.3, -0.25) is 19.2 Å². The molecule has 0 fully saturated rings. The van der Waals surface area contributed by atoms with Crippen molar-refractivity contribution in [1.82, 2.24) is 10.6 Å². The number of carboxylic acids is 2. The summed E-state index contributed by atoms with van der Waals surface area (Å²) in [4.78, 5) is 43.6. The minimum Gasteiger partial charge on any atom is -0.481 e. The Kier molecular flexibility index (Phi) is 7.16. The number of nitrogens with one attached hydrogen (secondary N) is 2. The van der Waals surface area contributed by atoms with E-state index in [0.29, 0.717) is 0 Å². The van der Waals surface area contributed by atoms with Crippen molar-refractivity contribution in [1.29, 1.82) is 0 Å². The fourth-order valence-electron chi connectivity index (χ4n) is 1.44. The van der Waals surface area contributed by atoms with Gasteiger partial charge in [0, 0.05) is 19.4 Å². The molecule has 108 valence electrons. The summed E-state index contributed by atoms with van der Waals surface area (Å²) in [6.07, 6.45) is -0.580. The van der Waals surface area contributed by atoms with E-state index in [-0.39, 0.29) is 19.3 Å². The van der Waals surface area contributed by atoms with Crippen LogP contribution in [0.1, 0.15) is 33.1 Å². The zero-order valence-electron chi connectivity index (χ0n) is 10.8. The summed E-state index contributed by atoms with van der Waals surface area (Å²) in [7, 11) is 0. The SMILES string of the molecule is CC(=O)NC(CCC(=O)O)C(=O)N[C@@H](C)CC(=O)O. The number of hydrogen-bond donors (Lipinski definition) is 4. The molecular formula is C11H18N2O6. The van der Waals surface area contributed by atoms with Crippen LogP contribution in [0, 0.1) is 0 Å². The molecule has 0 aliphatic rings. The molecule has 2 atom stereocenters. The third kappa shape index (κ3) is 8.58. The number of aliphatic carboxylic acids is 2. The molecule has 1 unspecified atom stereocenters. The Morgan fingerprint density at radius 3 is 2.05 bits per heavy atom. The predicted molar refractivity (Wildman–Crippen MR) is 64.3 cm³/mol. The Bertz CT molecular complexity index is 368. The Balaban J connectivity index is 4.47. The highest BCUT2D eigenvalue weighted by molar-refractivity contribution is 5.87. The van der Waals surface area contributed by atoms with E-state index in [9.17, 15) is 19.2 Å². The summed E-state index contributed by atoms with van der Waals surface area (Å²) < 4.78 is 0. The van der Waals surface area contributed by atoms with Gasteiger partial charge in [0.05, 0.1) is 6.42 Å². The van der Waals surface area contributed by atoms with Gasteiger partial charge >= 0.3 is 11.9 Å². The molecule has 0 aromatic heterocycles. The van der Waals surface area contributed by atoms with E-state index < -0.39 is 35.8 Å². The third-order valence-corrected chi connectivity index (χ3v) is 2.21. The van der Waals surface area contributed by atoms with E-state index in [0.717, 1.165) is 0 Å². The maximum absolute atomic E-state index is 11.8. The van der Waals surface area contributed by atoms with E-state index in [1.165, 1.54) is 13.8 Å². The number of carboxylic acid groups (broad SMARTS) is 2. The molecule has 0 spiro atoms. The first kappa shape index (κ1) is 16.9. The van der Waals surface area contributed by atoms with Crippen LogP contribution in [-0.4, -0.2) is 46.0 Å². The Labute approximate surface area is 110 Å². The van der Waals surface area contributed by atoms with Crippen LogP contribution in [0.4, 0.5) is 0 Å². The van der Waals surface area contributed by atoms with E-state index in [1.807, 2.05) is 0 Å². The van der Waals surface area contributed by atoms with Gasteiger partial charge in [-0.1, -0.05) is 0 Å². The summed E-state index contributed by atoms with van der Waals surface area (Å²) in [5.74, 6) is -3.20. The van der Waals surface area contributed by atoms with Crippen molar-refractivity contribution >= 4 is 23.8 Å². The third-order valence-electron chi connectivity index (χ3n) is 2.21. The molecule has 0 aliphatic carbocycles. The molecule has 8 heteroatoms. The first-order valence-corrected chi connectivity index (χ1v) is 5.73. The summed E-state index contributed by atoms with van der Waals surface area (Å²) in [5.41, 5.74) is 0. The van der Waals surface area contributed by atoms with Gasteiger partial charge in [0.2, 0.25) is 11.8 Å². The lowest BCUT2D eigenvalue weighted by Crippen LogP contribution is -2.49. The lowest BCUT2D eigenvalue weighted by Gasteiger charge is -2.19. The van der Waals surface area contributed by atoms with Crippen molar-refractivity contribution in [2.24, 2.45) is 0 Å². The highest BCUT2D eigenvalue weighted by Crippen LogP contribution is 2.00. The zero-order chi connectivity index (χ0) is 15.0. The fourth-order valence-corrected chi connectivity index (χ4v) is 1.44. The minimum atomic E-state index is -1.08. The van der Waals surface area contributed by atoms with Gasteiger partial charge < -0.3 is 20.8 Å². The van der Waals surface area contributed by atoms with Crippen molar-refractivity contribution in [2.45, 2.75) is 45.2 Å². The highest BCUT2D eigenvalue weighted by Gasteiger charge is 2.22. The molecule has 0 bridgehead atoms. The summed E-state index contributed by atoms with van der Waals surface area (Å²) in [5, 5.41) is 21.9. The Hall–Kier alpha value is -2.12. The average Bonchev–Trinajstić information content (AvgIpc) is 2.21. The minimum absolute atomic E-state index is 0.0550. The molecule has 2 amide bonds. The molecule has 0 saturated heterocycles. The van der Waals surface area contributed by atoms with Crippen LogP contribution >= 0.6 is 0 Å². The van der Waals surface area contributed by atoms with E-state index >= 15 is 0 Å². The fraction of sp³-hybridized carbons (Fsp3) is 0.636. The van der Waals surface area contributed by atoms with Crippen molar-refractivity contribution in [3.63, 3.8) is 0 Å². The summed E-state index contributed by atoms with van der Waals surface area (Å²) >= 11 is 0. The smallest absolute Gasteiger partial charge is 0.305 e. The van der Waals surface area contributed by atoms with Crippen LogP contribution in [0.25, 0.3) is 0 Å². The van der Waals surface area contributed by atoms with E-state index in [4.69, 9.17) is 10.2 Å². The molecule has 19 heavy (non-hydrogen) atoms. The predicted octanol–water partition coefficient (Wildman–Crippen LogP) is -0.665. The monoisotopic (exact) mass is 274 g/mol. The number of carbonyl (C=O) groups excluding carboxylic acids is 2. The van der Waals surface area contributed by atoms with Crippen molar-refractivity contribution in [3.05, 3.63) is 0 Å². The van der Waals surface area contributed by atoms with Crippen molar-refractivity contribution in [3.8, 4) is 0 Å². The normalized spacial score (nSPS) is 13.2. The van der Waals surface area contributed by atoms with Crippen molar-refractivity contribution < 1.29 is 29.4 Å².